The Kier molecular flexibility index (Phi) is 6.41. The molecule has 0 aliphatic heterocycles. The molecule has 21 heavy (non-hydrogen) atoms. The maximum absolute atomic E-state index is 11.9. The molecule has 0 bridgehead atoms. The first kappa shape index (κ1) is 17.2. The van der Waals surface area contributed by atoms with Gasteiger partial charge in [-0.25, -0.2) is 4.98 Å². The number of alkyl halides is 3. The molecular formula is C13H17F3N2O3. The molecule has 1 aromatic heterocycles. The summed E-state index contributed by atoms with van der Waals surface area (Å²) in [6.07, 6.45) is -2.58. The van der Waals surface area contributed by atoms with Gasteiger partial charge >= 0.3 is 6.18 Å². The number of carbonyl (C=O) groups is 1. The smallest absolute Gasteiger partial charge is 0.422 e. The number of aromatic nitrogens is 1. The van der Waals surface area contributed by atoms with Crippen molar-refractivity contribution in [3.05, 3.63) is 23.9 Å². The van der Waals surface area contributed by atoms with Crippen molar-refractivity contribution >= 4 is 5.91 Å². The predicted octanol–water partition coefficient (Wildman–Crippen LogP) is 1.91. The van der Waals surface area contributed by atoms with Gasteiger partial charge in [-0.2, -0.15) is 13.2 Å². The Morgan fingerprint density at radius 3 is 2.71 bits per heavy atom. The average Bonchev–Trinajstić information content (AvgIpc) is 2.42. The Morgan fingerprint density at radius 1 is 1.48 bits per heavy atom. The van der Waals surface area contributed by atoms with E-state index < -0.39 is 24.8 Å². The zero-order chi connectivity index (χ0) is 15.9. The average molecular weight is 306 g/mol. The molecule has 1 atom stereocenters. The van der Waals surface area contributed by atoms with Crippen LogP contribution in [0.2, 0.25) is 0 Å². The van der Waals surface area contributed by atoms with Crippen LogP contribution in [0.5, 0.6) is 5.88 Å². The normalized spacial score (nSPS) is 12.8. The van der Waals surface area contributed by atoms with Crippen molar-refractivity contribution in [3.8, 4) is 5.88 Å². The molecule has 0 radical (unpaired) electrons. The molecule has 118 valence electrons. The van der Waals surface area contributed by atoms with Gasteiger partial charge in [-0.15, -0.1) is 0 Å². The minimum Gasteiger partial charge on any atom is -0.468 e. The van der Waals surface area contributed by atoms with Gasteiger partial charge in [0.1, 0.15) is 0 Å². The molecule has 8 heteroatoms. The molecule has 0 fully saturated rings. The number of nitrogens with zero attached hydrogens (tertiary/aromatic N) is 1. The quantitative estimate of drug-likeness (QED) is 0.807. The van der Waals surface area contributed by atoms with Crippen LogP contribution in [0.1, 0.15) is 30.1 Å². The van der Waals surface area contributed by atoms with Gasteiger partial charge in [0, 0.05) is 18.8 Å². The molecule has 1 heterocycles. The van der Waals surface area contributed by atoms with E-state index in [1.54, 1.807) is 0 Å². The van der Waals surface area contributed by atoms with E-state index in [9.17, 15) is 23.1 Å². The summed E-state index contributed by atoms with van der Waals surface area (Å²) in [7, 11) is 0. The third-order valence-corrected chi connectivity index (χ3v) is 2.50. The second-order valence-electron chi connectivity index (χ2n) is 4.44. The van der Waals surface area contributed by atoms with Crippen molar-refractivity contribution in [1.29, 1.82) is 0 Å². The lowest BCUT2D eigenvalue weighted by Gasteiger charge is -2.11. The van der Waals surface area contributed by atoms with Crippen LogP contribution in [0, 0.1) is 0 Å². The third-order valence-electron chi connectivity index (χ3n) is 2.50. The number of hydrogen-bond donors (Lipinski definition) is 2. The molecule has 1 rings (SSSR count). The summed E-state index contributed by atoms with van der Waals surface area (Å²) in [5.41, 5.74) is 0.179. The van der Waals surface area contributed by atoms with Crippen molar-refractivity contribution in [1.82, 2.24) is 10.3 Å². The fourth-order valence-electron chi connectivity index (χ4n) is 1.50. The van der Waals surface area contributed by atoms with Crippen LogP contribution in [-0.2, 0) is 0 Å². The van der Waals surface area contributed by atoms with Gasteiger partial charge in [0.25, 0.3) is 5.91 Å². The SMILES string of the molecule is CCCC(O)CNC(=O)c1ccc(OCC(F)(F)F)nc1. The van der Waals surface area contributed by atoms with Gasteiger partial charge < -0.3 is 15.2 Å². The van der Waals surface area contributed by atoms with E-state index in [0.29, 0.717) is 6.42 Å². The first-order valence-corrected chi connectivity index (χ1v) is 6.43. The summed E-state index contributed by atoms with van der Waals surface area (Å²) >= 11 is 0. The highest BCUT2D eigenvalue weighted by Crippen LogP contribution is 2.17. The summed E-state index contributed by atoms with van der Waals surface area (Å²) in [5.74, 6) is -0.671. The summed E-state index contributed by atoms with van der Waals surface area (Å²) in [6.45, 7) is 0.586. The Labute approximate surface area is 120 Å². The maximum atomic E-state index is 11.9. The van der Waals surface area contributed by atoms with Crippen LogP contribution in [0.3, 0.4) is 0 Å². The first-order chi connectivity index (χ1) is 9.81. The molecule has 0 saturated carbocycles. The van der Waals surface area contributed by atoms with Crippen LogP contribution in [0.25, 0.3) is 0 Å². The fourth-order valence-corrected chi connectivity index (χ4v) is 1.50. The molecule has 0 saturated heterocycles. The van der Waals surface area contributed by atoms with Crippen molar-refractivity contribution in [2.24, 2.45) is 0 Å². The predicted molar refractivity (Wildman–Crippen MR) is 69.0 cm³/mol. The number of nitrogens with one attached hydrogen (secondary N) is 1. The van der Waals surface area contributed by atoms with Gasteiger partial charge in [-0.3, -0.25) is 4.79 Å². The lowest BCUT2D eigenvalue weighted by Crippen LogP contribution is -2.32. The topological polar surface area (TPSA) is 71.5 Å². The number of hydrogen-bond acceptors (Lipinski definition) is 4. The van der Waals surface area contributed by atoms with Crippen LogP contribution in [-0.4, -0.2) is 41.4 Å². The molecule has 2 N–H and O–H groups in total. The van der Waals surface area contributed by atoms with Crippen molar-refractivity contribution in [2.75, 3.05) is 13.2 Å². The molecule has 0 aromatic carbocycles. The van der Waals surface area contributed by atoms with Gasteiger partial charge in [-0.1, -0.05) is 13.3 Å². The van der Waals surface area contributed by atoms with Gasteiger partial charge in [-0.05, 0) is 12.5 Å². The number of ether oxygens (including phenoxy) is 1. The van der Waals surface area contributed by atoms with E-state index in [2.05, 4.69) is 15.0 Å². The van der Waals surface area contributed by atoms with Gasteiger partial charge in [0.15, 0.2) is 6.61 Å². The lowest BCUT2D eigenvalue weighted by molar-refractivity contribution is -0.154. The fraction of sp³-hybridized carbons (Fsp3) is 0.538. The molecule has 5 nitrogen and oxygen atoms in total. The first-order valence-electron chi connectivity index (χ1n) is 6.43. The monoisotopic (exact) mass is 306 g/mol. The van der Waals surface area contributed by atoms with Crippen LogP contribution < -0.4 is 10.1 Å². The Hall–Kier alpha value is -1.83. The van der Waals surface area contributed by atoms with E-state index in [1.165, 1.54) is 12.1 Å². The minimum absolute atomic E-state index is 0.110. The summed E-state index contributed by atoms with van der Waals surface area (Å²) in [6, 6.07) is 2.49. The molecule has 1 amide bonds. The third kappa shape index (κ3) is 6.94. The second-order valence-corrected chi connectivity index (χ2v) is 4.44. The van der Waals surface area contributed by atoms with Crippen LogP contribution >= 0.6 is 0 Å². The zero-order valence-corrected chi connectivity index (χ0v) is 11.5. The van der Waals surface area contributed by atoms with E-state index in [1.807, 2.05) is 6.92 Å². The number of carbonyl (C=O) groups excluding carboxylic acids is 1. The number of rotatable bonds is 7. The largest absolute Gasteiger partial charge is 0.468 e. The molecule has 0 aliphatic rings. The van der Waals surface area contributed by atoms with E-state index in [4.69, 9.17) is 0 Å². The summed E-state index contributed by atoms with van der Waals surface area (Å²) < 4.78 is 40.3. The number of pyridine rings is 1. The van der Waals surface area contributed by atoms with Gasteiger partial charge in [0.2, 0.25) is 5.88 Å². The zero-order valence-electron chi connectivity index (χ0n) is 11.5. The minimum atomic E-state index is -4.44. The molecule has 1 unspecified atom stereocenters. The maximum Gasteiger partial charge on any atom is 0.422 e. The highest BCUT2D eigenvalue weighted by atomic mass is 19.4. The van der Waals surface area contributed by atoms with Crippen molar-refractivity contribution in [2.45, 2.75) is 32.0 Å². The number of aliphatic hydroxyl groups excluding tert-OH is 1. The Bertz CT molecular complexity index is 449. The van der Waals surface area contributed by atoms with Crippen molar-refractivity contribution < 1.29 is 27.8 Å². The van der Waals surface area contributed by atoms with Crippen LogP contribution in [0.15, 0.2) is 18.3 Å². The molecule has 0 spiro atoms. The van der Waals surface area contributed by atoms with Crippen molar-refractivity contribution in [3.63, 3.8) is 0 Å². The van der Waals surface area contributed by atoms with E-state index in [-0.39, 0.29) is 18.0 Å². The summed E-state index contributed by atoms with van der Waals surface area (Å²) in [5, 5.41) is 12.0. The number of amides is 1. The lowest BCUT2D eigenvalue weighted by atomic mass is 10.2. The standard InChI is InChI=1S/C13H17F3N2O3/c1-2-3-10(19)7-18-12(20)9-4-5-11(17-6-9)21-8-13(14,15)16/h4-6,10,19H,2-3,7-8H2,1H3,(H,18,20). The summed E-state index contributed by atoms with van der Waals surface area (Å²) in [4.78, 5) is 15.3. The Morgan fingerprint density at radius 2 is 2.19 bits per heavy atom. The number of halogens is 3. The highest BCUT2D eigenvalue weighted by Gasteiger charge is 2.28. The van der Waals surface area contributed by atoms with E-state index in [0.717, 1.165) is 12.6 Å². The second kappa shape index (κ2) is 7.82. The molecule has 1 aromatic rings. The van der Waals surface area contributed by atoms with Gasteiger partial charge in [0.05, 0.1) is 11.7 Å². The van der Waals surface area contributed by atoms with Crippen LogP contribution in [0.4, 0.5) is 13.2 Å². The van der Waals surface area contributed by atoms with E-state index >= 15 is 0 Å². The molecule has 0 aliphatic carbocycles. The molecular weight excluding hydrogens is 289 g/mol. The highest BCUT2D eigenvalue weighted by molar-refractivity contribution is 5.93. The number of aliphatic hydroxyl groups is 1. The Balaban J connectivity index is 2.47.